The molecule has 1 aromatic carbocycles. The Morgan fingerprint density at radius 2 is 1.95 bits per heavy atom. The van der Waals surface area contributed by atoms with Crippen LogP contribution >= 0.6 is 0 Å². The fraction of sp³-hybridized carbons (Fsp3) is 0.429. The van der Waals surface area contributed by atoms with Crippen LogP contribution in [0.5, 0.6) is 0 Å². The Hall–Kier alpha value is -1.88. The van der Waals surface area contributed by atoms with E-state index in [0.717, 1.165) is 25.2 Å². The van der Waals surface area contributed by atoms with Crippen LogP contribution in [0.3, 0.4) is 0 Å². The van der Waals surface area contributed by atoms with Crippen LogP contribution in [0, 0.1) is 0 Å². The molecule has 0 radical (unpaired) electrons. The van der Waals surface area contributed by atoms with Crippen LogP contribution in [-0.4, -0.2) is 38.0 Å². The standard InChI is InChI=1S/C14H17N3O2/c18-13-9-17(14(19)8-16-13)12-3-1-10(2-4-12)11-5-6-15-7-11/h1-4,11,15H,5-9H2,(H,16,18). The summed E-state index contributed by atoms with van der Waals surface area (Å²) in [6.45, 7) is 2.29. The van der Waals surface area contributed by atoms with Gasteiger partial charge in [0, 0.05) is 12.2 Å². The number of piperazine rings is 1. The molecule has 0 saturated carbocycles. The van der Waals surface area contributed by atoms with E-state index < -0.39 is 0 Å². The maximum atomic E-state index is 11.8. The molecule has 1 aromatic rings. The number of amides is 2. The zero-order valence-electron chi connectivity index (χ0n) is 10.7. The van der Waals surface area contributed by atoms with Crippen molar-refractivity contribution in [2.45, 2.75) is 12.3 Å². The predicted octanol–water partition coefficient (Wildman–Crippen LogP) is 0.226. The second kappa shape index (κ2) is 5.01. The maximum Gasteiger partial charge on any atom is 0.246 e. The van der Waals surface area contributed by atoms with E-state index in [1.165, 1.54) is 10.5 Å². The number of carbonyl (C=O) groups is 2. The summed E-state index contributed by atoms with van der Waals surface area (Å²) < 4.78 is 0. The predicted molar refractivity (Wildman–Crippen MR) is 72.0 cm³/mol. The zero-order chi connectivity index (χ0) is 13.2. The van der Waals surface area contributed by atoms with Crippen molar-refractivity contribution in [3.05, 3.63) is 29.8 Å². The number of benzene rings is 1. The maximum absolute atomic E-state index is 11.8. The number of rotatable bonds is 2. The van der Waals surface area contributed by atoms with Crippen molar-refractivity contribution in [2.24, 2.45) is 0 Å². The zero-order valence-corrected chi connectivity index (χ0v) is 10.7. The van der Waals surface area contributed by atoms with Crippen molar-refractivity contribution < 1.29 is 9.59 Å². The summed E-state index contributed by atoms with van der Waals surface area (Å²) in [6.07, 6.45) is 1.16. The monoisotopic (exact) mass is 259 g/mol. The third-order valence-corrected chi connectivity index (χ3v) is 3.78. The van der Waals surface area contributed by atoms with Gasteiger partial charge < -0.3 is 15.5 Å². The van der Waals surface area contributed by atoms with Crippen LogP contribution in [0.2, 0.25) is 0 Å². The molecule has 0 bridgehead atoms. The van der Waals surface area contributed by atoms with Gasteiger partial charge in [-0.1, -0.05) is 12.1 Å². The summed E-state index contributed by atoms with van der Waals surface area (Å²) >= 11 is 0. The molecule has 2 saturated heterocycles. The summed E-state index contributed by atoms with van der Waals surface area (Å²) in [5, 5.41) is 5.89. The van der Waals surface area contributed by atoms with Gasteiger partial charge in [0.2, 0.25) is 11.8 Å². The van der Waals surface area contributed by atoms with Crippen molar-refractivity contribution in [3.63, 3.8) is 0 Å². The third kappa shape index (κ3) is 2.46. The average molecular weight is 259 g/mol. The van der Waals surface area contributed by atoms with Crippen LogP contribution in [0.25, 0.3) is 0 Å². The summed E-state index contributed by atoms with van der Waals surface area (Å²) in [4.78, 5) is 24.7. The van der Waals surface area contributed by atoms with E-state index in [-0.39, 0.29) is 24.9 Å². The highest BCUT2D eigenvalue weighted by molar-refractivity contribution is 6.04. The molecule has 0 aromatic heterocycles. The van der Waals surface area contributed by atoms with E-state index in [1.54, 1.807) is 0 Å². The molecule has 2 aliphatic heterocycles. The Morgan fingerprint density at radius 3 is 2.63 bits per heavy atom. The third-order valence-electron chi connectivity index (χ3n) is 3.78. The van der Waals surface area contributed by atoms with Gasteiger partial charge in [-0.05, 0) is 36.6 Å². The second-order valence-electron chi connectivity index (χ2n) is 5.04. The van der Waals surface area contributed by atoms with Crippen LogP contribution in [0.1, 0.15) is 17.9 Å². The molecule has 2 aliphatic rings. The fourth-order valence-corrected chi connectivity index (χ4v) is 2.66. The molecule has 1 atom stereocenters. The molecule has 100 valence electrons. The van der Waals surface area contributed by atoms with Gasteiger partial charge in [-0.2, -0.15) is 0 Å². The number of hydrogen-bond donors (Lipinski definition) is 2. The van der Waals surface area contributed by atoms with Crippen molar-refractivity contribution in [1.82, 2.24) is 10.6 Å². The lowest BCUT2D eigenvalue weighted by molar-refractivity contribution is -0.128. The quantitative estimate of drug-likeness (QED) is 0.799. The van der Waals surface area contributed by atoms with E-state index in [4.69, 9.17) is 0 Å². The molecule has 3 rings (SSSR count). The number of carbonyl (C=O) groups excluding carboxylic acids is 2. The first kappa shape index (κ1) is 12.2. The Balaban J connectivity index is 1.77. The molecule has 2 heterocycles. The van der Waals surface area contributed by atoms with Crippen LogP contribution in [0.15, 0.2) is 24.3 Å². The van der Waals surface area contributed by atoms with E-state index in [0.29, 0.717) is 5.92 Å². The molecule has 5 nitrogen and oxygen atoms in total. The lowest BCUT2D eigenvalue weighted by Crippen LogP contribution is -2.51. The van der Waals surface area contributed by atoms with Gasteiger partial charge in [0.05, 0.1) is 6.54 Å². The Kier molecular flexibility index (Phi) is 3.21. The van der Waals surface area contributed by atoms with Crippen LogP contribution in [-0.2, 0) is 9.59 Å². The molecular weight excluding hydrogens is 242 g/mol. The van der Waals surface area contributed by atoms with Gasteiger partial charge >= 0.3 is 0 Å². The first-order valence-corrected chi connectivity index (χ1v) is 6.62. The molecule has 2 amide bonds. The lowest BCUT2D eigenvalue weighted by Gasteiger charge is -2.27. The normalized spacial score (nSPS) is 23.6. The minimum atomic E-state index is -0.108. The van der Waals surface area contributed by atoms with E-state index >= 15 is 0 Å². The topological polar surface area (TPSA) is 61.4 Å². The molecule has 1 unspecified atom stereocenters. The molecule has 0 aliphatic carbocycles. The van der Waals surface area contributed by atoms with E-state index in [9.17, 15) is 9.59 Å². The van der Waals surface area contributed by atoms with Crippen molar-refractivity contribution >= 4 is 17.5 Å². The van der Waals surface area contributed by atoms with Crippen molar-refractivity contribution in [2.75, 3.05) is 31.1 Å². The minimum Gasteiger partial charge on any atom is -0.345 e. The first-order chi connectivity index (χ1) is 9.24. The van der Waals surface area contributed by atoms with Gasteiger partial charge in [0.15, 0.2) is 0 Å². The second-order valence-corrected chi connectivity index (χ2v) is 5.04. The van der Waals surface area contributed by atoms with Gasteiger partial charge in [-0.25, -0.2) is 0 Å². The summed E-state index contributed by atoms with van der Waals surface area (Å²) in [6, 6.07) is 7.99. The highest BCUT2D eigenvalue weighted by Gasteiger charge is 2.24. The minimum absolute atomic E-state index is 0.0603. The first-order valence-electron chi connectivity index (χ1n) is 6.62. The smallest absolute Gasteiger partial charge is 0.246 e. The summed E-state index contributed by atoms with van der Waals surface area (Å²) in [7, 11) is 0. The van der Waals surface area contributed by atoms with Crippen molar-refractivity contribution in [1.29, 1.82) is 0 Å². The highest BCUT2D eigenvalue weighted by atomic mass is 16.2. The summed E-state index contributed by atoms with van der Waals surface area (Å²) in [5.41, 5.74) is 2.09. The molecule has 19 heavy (non-hydrogen) atoms. The summed E-state index contributed by atoms with van der Waals surface area (Å²) in [5.74, 6) is 0.396. The number of nitrogens with zero attached hydrogens (tertiary/aromatic N) is 1. The van der Waals surface area contributed by atoms with Gasteiger partial charge in [0.25, 0.3) is 0 Å². The molecule has 5 heteroatoms. The Morgan fingerprint density at radius 1 is 1.16 bits per heavy atom. The van der Waals surface area contributed by atoms with Crippen molar-refractivity contribution in [3.8, 4) is 0 Å². The molecular formula is C14H17N3O2. The number of hydrogen-bond acceptors (Lipinski definition) is 3. The van der Waals surface area contributed by atoms with Gasteiger partial charge in [-0.3, -0.25) is 9.59 Å². The van der Waals surface area contributed by atoms with E-state index in [2.05, 4.69) is 22.8 Å². The largest absolute Gasteiger partial charge is 0.345 e. The lowest BCUT2D eigenvalue weighted by atomic mass is 9.98. The molecule has 2 fully saturated rings. The Labute approximate surface area is 112 Å². The van der Waals surface area contributed by atoms with Gasteiger partial charge in [-0.15, -0.1) is 0 Å². The SMILES string of the molecule is O=C1CN(c2ccc(C3CCNC3)cc2)C(=O)CN1. The molecule has 0 spiro atoms. The Bertz CT molecular complexity index is 492. The number of nitrogens with one attached hydrogen (secondary N) is 2. The molecule has 2 N–H and O–H groups in total. The fourth-order valence-electron chi connectivity index (χ4n) is 2.66. The highest BCUT2D eigenvalue weighted by Crippen LogP contribution is 2.25. The van der Waals surface area contributed by atoms with Crippen LogP contribution < -0.4 is 15.5 Å². The van der Waals surface area contributed by atoms with E-state index in [1.807, 2.05) is 12.1 Å². The average Bonchev–Trinajstić information content (AvgIpc) is 2.96. The van der Waals surface area contributed by atoms with Crippen LogP contribution in [0.4, 0.5) is 5.69 Å². The van der Waals surface area contributed by atoms with Gasteiger partial charge in [0.1, 0.15) is 6.54 Å². The number of anilines is 1.